The molecule has 0 bridgehead atoms. The largest absolute Gasteiger partial charge is 0.472 e. The molecular formula is C21H22F2N2O2. The molecule has 0 unspecified atom stereocenters. The highest BCUT2D eigenvalue weighted by Crippen LogP contribution is 2.13. The number of benzene rings is 2. The van der Waals surface area contributed by atoms with Crippen LogP contribution >= 0.6 is 0 Å². The van der Waals surface area contributed by atoms with Gasteiger partial charge in [0.2, 0.25) is 5.88 Å². The van der Waals surface area contributed by atoms with Crippen molar-refractivity contribution in [2.24, 2.45) is 0 Å². The van der Waals surface area contributed by atoms with Crippen molar-refractivity contribution in [1.29, 1.82) is 0 Å². The van der Waals surface area contributed by atoms with E-state index >= 15 is 0 Å². The Morgan fingerprint density at radius 3 is 2.37 bits per heavy atom. The second kappa shape index (κ2) is 9.62. The van der Waals surface area contributed by atoms with Gasteiger partial charge in [0.25, 0.3) is 5.56 Å². The molecule has 1 aromatic heterocycles. The van der Waals surface area contributed by atoms with E-state index < -0.39 is 0 Å². The Morgan fingerprint density at radius 1 is 1.00 bits per heavy atom. The summed E-state index contributed by atoms with van der Waals surface area (Å²) in [5, 5.41) is 0. The fourth-order valence-electron chi connectivity index (χ4n) is 2.40. The average Bonchev–Trinajstić information content (AvgIpc) is 2.68. The van der Waals surface area contributed by atoms with Crippen LogP contribution < -0.4 is 10.3 Å². The number of rotatable bonds is 5. The standard InChI is InChI=1S/C19H16F2N2O2.C2H6/c1-13-18(25-11-14-5-7-16(20)8-6-14)22-12-23(19(13)24)10-15-3-2-4-17(21)9-15;1-2/h2-9,12H,10-11H2,1H3;1-2H3. The average molecular weight is 372 g/mol. The zero-order chi connectivity index (χ0) is 19.8. The van der Waals surface area contributed by atoms with Crippen LogP contribution in [-0.4, -0.2) is 9.55 Å². The summed E-state index contributed by atoms with van der Waals surface area (Å²) in [6.07, 6.45) is 1.38. The molecule has 0 atom stereocenters. The van der Waals surface area contributed by atoms with E-state index in [0.717, 1.165) is 5.56 Å². The van der Waals surface area contributed by atoms with E-state index in [1.54, 1.807) is 31.2 Å². The lowest BCUT2D eigenvalue weighted by Gasteiger charge is -2.11. The van der Waals surface area contributed by atoms with Crippen LogP contribution in [0, 0.1) is 18.6 Å². The molecule has 0 saturated heterocycles. The van der Waals surface area contributed by atoms with Crippen molar-refractivity contribution < 1.29 is 13.5 Å². The molecule has 3 aromatic rings. The SMILES string of the molecule is CC.Cc1c(OCc2ccc(F)cc2)ncn(Cc2cccc(F)c2)c1=O. The van der Waals surface area contributed by atoms with Gasteiger partial charge in [-0.05, 0) is 42.3 Å². The Labute approximate surface area is 157 Å². The monoisotopic (exact) mass is 372 g/mol. The van der Waals surface area contributed by atoms with Crippen LogP contribution in [0.5, 0.6) is 5.88 Å². The molecule has 27 heavy (non-hydrogen) atoms. The van der Waals surface area contributed by atoms with Crippen molar-refractivity contribution in [2.75, 3.05) is 0 Å². The minimum atomic E-state index is -0.352. The minimum Gasteiger partial charge on any atom is -0.472 e. The van der Waals surface area contributed by atoms with E-state index in [2.05, 4.69) is 4.98 Å². The summed E-state index contributed by atoms with van der Waals surface area (Å²) in [6.45, 7) is 6.03. The van der Waals surface area contributed by atoms with Crippen molar-refractivity contribution in [3.05, 3.63) is 93.5 Å². The summed E-state index contributed by atoms with van der Waals surface area (Å²) in [7, 11) is 0. The fraction of sp³-hybridized carbons (Fsp3) is 0.238. The van der Waals surface area contributed by atoms with Crippen molar-refractivity contribution in [3.63, 3.8) is 0 Å². The van der Waals surface area contributed by atoms with Crippen molar-refractivity contribution >= 4 is 0 Å². The number of nitrogens with zero attached hydrogens (tertiary/aromatic N) is 2. The molecule has 6 heteroatoms. The van der Waals surface area contributed by atoms with Crippen LogP contribution in [-0.2, 0) is 13.2 Å². The second-order valence-electron chi connectivity index (χ2n) is 5.65. The molecule has 0 spiro atoms. The number of aromatic nitrogens is 2. The molecule has 142 valence electrons. The zero-order valence-electron chi connectivity index (χ0n) is 15.6. The molecule has 2 aromatic carbocycles. The molecule has 0 amide bonds. The quantitative estimate of drug-likeness (QED) is 0.663. The van der Waals surface area contributed by atoms with E-state index in [0.29, 0.717) is 11.1 Å². The summed E-state index contributed by atoms with van der Waals surface area (Å²) >= 11 is 0. The highest BCUT2D eigenvalue weighted by atomic mass is 19.1. The lowest BCUT2D eigenvalue weighted by Crippen LogP contribution is -2.24. The molecule has 3 rings (SSSR count). The molecule has 0 saturated carbocycles. The van der Waals surface area contributed by atoms with Crippen molar-refractivity contribution in [2.45, 2.75) is 33.9 Å². The van der Waals surface area contributed by atoms with Crippen LogP contribution in [0.2, 0.25) is 0 Å². The number of ether oxygens (including phenoxy) is 1. The van der Waals surface area contributed by atoms with Gasteiger partial charge in [-0.3, -0.25) is 9.36 Å². The van der Waals surface area contributed by atoms with Crippen molar-refractivity contribution in [3.8, 4) is 5.88 Å². The van der Waals surface area contributed by atoms with E-state index in [1.807, 2.05) is 13.8 Å². The molecule has 0 fully saturated rings. The summed E-state index contributed by atoms with van der Waals surface area (Å²) < 4.78 is 33.1. The lowest BCUT2D eigenvalue weighted by molar-refractivity contribution is 0.289. The molecule has 0 radical (unpaired) electrons. The normalized spacial score (nSPS) is 10.1. The fourth-order valence-corrected chi connectivity index (χ4v) is 2.40. The Hall–Kier alpha value is -3.02. The minimum absolute atomic E-state index is 0.182. The highest BCUT2D eigenvalue weighted by molar-refractivity contribution is 5.23. The maximum atomic E-state index is 13.3. The third-order valence-electron chi connectivity index (χ3n) is 3.75. The second-order valence-corrected chi connectivity index (χ2v) is 5.65. The molecule has 0 aliphatic carbocycles. The van der Waals surface area contributed by atoms with Gasteiger partial charge in [-0.15, -0.1) is 0 Å². The van der Waals surface area contributed by atoms with Gasteiger partial charge < -0.3 is 4.74 Å². The zero-order valence-corrected chi connectivity index (χ0v) is 15.6. The third kappa shape index (κ3) is 5.48. The molecule has 0 aliphatic heterocycles. The van der Waals surface area contributed by atoms with E-state index in [9.17, 15) is 13.6 Å². The maximum Gasteiger partial charge on any atom is 0.260 e. The summed E-state index contributed by atoms with van der Waals surface area (Å²) in [5.41, 5.74) is 1.55. The summed E-state index contributed by atoms with van der Waals surface area (Å²) in [6, 6.07) is 12.0. The first-order valence-electron chi connectivity index (χ1n) is 8.70. The predicted octanol–water partition coefficient (Wildman–Crippen LogP) is 4.48. The van der Waals surface area contributed by atoms with E-state index in [4.69, 9.17) is 4.74 Å². The topological polar surface area (TPSA) is 44.1 Å². The van der Waals surface area contributed by atoms with Crippen molar-refractivity contribution in [1.82, 2.24) is 9.55 Å². The lowest BCUT2D eigenvalue weighted by atomic mass is 10.2. The first-order chi connectivity index (χ1) is 13.0. The van der Waals surface area contributed by atoms with Gasteiger partial charge in [0, 0.05) is 0 Å². The third-order valence-corrected chi connectivity index (χ3v) is 3.75. The smallest absolute Gasteiger partial charge is 0.260 e. The van der Waals surface area contributed by atoms with Crippen LogP contribution in [0.1, 0.15) is 30.5 Å². The summed E-state index contributed by atoms with van der Waals surface area (Å²) in [4.78, 5) is 16.6. The number of halogens is 2. The Kier molecular flexibility index (Phi) is 7.23. The van der Waals surface area contributed by atoms with E-state index in [-0.39, 0.29) is 36.2 Å². The molecular weight excluding hydrogens is 350 g/mol. The Bertz CT molecular complexity index is 938. The van der Waals surface area contributed by atoms with Gasteiger partial charge in [-0.1, -0.05) is 38.1 Å². The van der Waals surface area contributed by atoms with Gasteiger partial charge in [0.05, 0.1) is 12.1 Å². The van der Waals surface area contributed by atoms with Gasteiger partial charge in [0.15, 0.2) is 0 Å². The Morgan fingerprint density at radius 2 is 1.70 bits per heavy atom. The predicted molar refractivity (Wildman–Crippen MR) is 101 cm³/mol. The number of hydrogen-bond acceptors (Lipinski definition) is 3. The van der Waals surface area contributed by atoms with Crippen LogP contribution in [0.3, 0.4) is 0 Å². The molecule has 4 nitrogen and oxygen atoms in total. The van der Waals surface area contributed by atoms with Gasteiger partial charge in [0.1, 0.15) is 24.6 Å². The van der Waals surface area contributed by atoms with Crippen LogP contribution in [0.4, 0.5) is 8.78 Å². The molecule has 0 N–H and O–H groups in total. The molecule has 1 heterocycles. The Balaban J connectivity index is 0.00000126. The maximum absolute atomic E-state index is 13.3. The van der Waals surface area contributed by atoms with E-state index in [1.165, 1.54) is 35.2 Å². The summed E-state index contributed by atoms with van der Waals surface area (Å²) in [5.74, 6) is -0.447. The van der Waals surface area contributed by atoms with Crippen LogP contribution in [0.25, 0.3) is 0 Å². The van der Waals surface area contributed by atoms with Crippen LogP contribution in [0.15, 0.2) is 59.7 Å². The van der Waals surface area contributed by atoms with Gasteiger partial charge in [-0.25, -0.2) is 13.8 Å². The van der Waals surface area contributed by atoms with Gasteiger partial charge >= 0.3 is 0 Å². The van der Waals surface area contributed by atoms with Gasteiger partial charge in [-0.2, -0.15) is 0 Å². The first kappa shape index (κ1) is 20.3. The molecule has 0 aliphatic rings. The number of hydrogen-bond donors (Lipinski definition) is 0. The highest BCUT2D eigenvalue weighted by Gasteiger charge is 2.10. The first-order valence-corrected chi connectivity index (χ1v) is 8.70.